The normalized spacial score (nSPS) is 12.3. The van der Waals surface area contributed by atoms with E-state index in [0.29, 0.717) is 6.07 Å². The maximum atomic E-state index is 13.3. The molecule has 1 nitrogen and oxygen atoms in total. The summed E-state index contributed by atoms with van der Waals surface area (Å²) in [6, 6.07) is 3.12. The van der Waals surface area contributed by atoms with Gasteiger partial charge in [-0.15, -0.1) is 0 Å². The third kappa shape index (κ3) is 2.79. The molecule has 1 rings (SSSR count). The Morgan fingerprint density at radius 2 is 1.93 bits per heavy atom. The topological polar surface area (TPSA) is 26.0 Å². The molecule has 1 aromatic rings. The second kappa shape index (κ2) is 4.44. The van der Waals surface area contributed by atoms with Crippen LogP contribution >= 0.6 is 0 Å². The van der Waals surface area contributed by atoms with Crippen LogP contribution in [0.25, 0.3) is 6.08 Å². The van der Waals surface area contributed by atoms with Gasteiger partial charge in [-0.05, 0) is 6.07 Å². The van der Waals surface area contributed by atoms with Gasteiger partial charge in [-0.2, -0.15) is 13.2 Å². The van der Waals surface area contributed by atoms with Crippen molar-refractivity contribution >= 4 is 6.08 Å². The van der Waals surface area contributed by atoms with Gasteiger partial charge < -0.3 is 5.73 Å². The number of hydrogen-bond acceptors (Lipinski definition) is 1. The molecule has 0 radical (unpaired) electrons. The van der Waals surface area contributed by atoms with Gasteiger partial charge >= 0.3 is 6.18 Å². The Balaban J connectivity index is 3.17. The van der Waals surface area contributed by atoms with Crippen LogP contribution in [-0.4, -0.2) is 6.54 Å². The highest BCUT2D eigenvalue weighted by Gasteiger charge is 2.34. The first-order valence-corrected chi connectivity index (χ1v) is 4.19. The summed E-state index contributed by atoms with van der Waals surface area (Å²) in [5, 5.41) is 0. The van der Waals surface area contributed by atoms with Crippen LogP contribution in [0.2, 0.25) is 0 Å². The molecule has 0 spiro atoms. The predicted molar refractivity (Wildman–Crippen MR) is 49.5 cm³/mol. The Hall–Kier alpha value is -1.36. The van der Waals surface area contributed by atoms with Crippen molar-refractivity contribution in [3.8, 4) is 0 Å². The lowest BCUT2D eigenvalue weighted by atomic mass is 10.1. The van der Waals surface area contributed by atoms with Crippen LogP contribution in [-0.2, 0) is 6.18 Å². The first-order valence-electron chi connectivity index (χ1n) is 4.19. The summed E-state index contributed by atoms with van der Waals surface area (Å²) >= 11 is 0. The van der Waals surface area contributed by atoms with Crippen LogP contribution in [0.1, 0.15) is 11.1 Å². The van der Waals surface area contributed by atoms with Gasteiger partial charge in [0.25, 0.3) is 0 Å². The quantitative estimate of drug-likeness (QED) is 0.760. The average molecular weight is 219 g/mol. The average Bonchev–Trinajstić information content (AvgIpc) is 2.14. The minimum absolute atomic E-state index is 0.115. The summed E-state index contributed by atoms with van der Waals surface area (Å²) in [7, 11) is 0. The first-order chi connectivity index (χ1) is 6.96. The van der Waals surface area contributed by atoms with E-state index in [9.17, 15) is 17.6 Å². The molecule has 1 aromatic carbocycles. The fraction of sp³-hybridized carbons (Fsp3) is 0.200. The number of halogens is 4. The van der Waals surface area contributed by atoms with E-state index >= 15 is 0 Å². The molecule has 0 aliphatic carbocycles. The van der Waals surface area contributed by atoms with Gasteiger partial charge in [-0.25, -0.2) is 4.39 Å². The van der Waals surface area contributed by atoms with E-state index in [1.807, 2.05) is 0 Å². The molecule has 0 unspecified atom stereocenters. The highest BCUT2D eigenvalue weighted by Crippen LogP contribution is 2.32. The van der Waals surface area contributed by atoms with Crippen LogP contribution in [0.5, 0.6) is 0 Å². The molecule has 5 heteroatoms. The minimum atomic E-state index is -4.67. The van der Waals surface area contributed by atoms with E-state index in [1.54, 1.807) is 0 Å². The van der Waals surface area contributed by atoms with Crippen molar-refractivity contribution in [2.24, 2.45) is 5.73 Å². The van der Waals surface area contributed by atoms with Crippen molar-refractivity contribution in [2.45, 2.75) is 6.18 Å². The lowest BCUT2D eigenvalue weighted by molar-refractivity contribution is -0.140. The number of nitrogens with two attached hydrogens (primary N) is 1. The Labute approximate surface area is 84.2 Å². The van der Waals surface area contributed by atoms with E-state index < -0.39 is 17.6 Å². The molecule has 0 fully saturated rings. The largest absolute Gasteiger partial charge is 0.419 e. The van der Waals surface area contributed by atoms with Gasteiger partial charge in [0, 0.05) is 12.1 Å². The molecule has 0 aliphatic rings. The summed E-state index contributed by atoms with van der Waals surface area (Å²) < 4.78 is 50.1. The fourth-order valence-corrected chi connectivity index (χ4v) is 1.09. The zero-order valence-corrected chi connectivity index (χ0v) is 7.68. The second-order valence-corrected chi connectivity index (χ2v) is 2.84. The Bertz CT molecular complexity index is 368. The van der Waals surface area contributed by atoms with E-state index in [2.05, 4.69) is 0 Å². The Kier molecular flexibility index (Phi) is 3.47. The molecule has 15 heavy (non-hydrogen) atoms. The summed E-state index contributed by atoms with van der Waals surface area (Å²) in [6.45, 7) is 0.148. The smallest absolute Gasteiger partial charge is 0.327 e. The van der Waals surface area contributed by atoms with Crippen molar-refractivity contribution < 1.29 is 17.6 Å². The number of rotatable bonds is 2. The Morgan fingerprint density at radius 3 is 2.47 bits per heavy atom. The molecule has 2 N–H and O–H groups in total. The molecular weight excluding hydrogens is 210 g/mol. The van der Waals surface area contributed by atoms with Gasteiger partial charge in [0.15, 0.2) is 0 Å². The molecule has 82 valence electrons. The van der Waals surface area contributed by atoms with Gasteiger partial charge in [0.05, 0.1) is 5.56 Å². The molecule has 0 aliphatic heterocycles. The lowest BCUT2D eigenvalue weighted by Crippen LogP contribution is -2.08. The van der Waals surface area contributed by atoms with Crippen molar-refractivity contribution in [1.29, 1.82) is 0 Å². The van der Waals surface area contributed by atoms with Crippen LogP contribution in [0.3, 0.4) is 0 Å². The third-order valence-electron chi connectivity index (χ3n) is 1.77. The fourth-order valence-electron chi connectivity index (χ4n) is 1.09. The van der Waals surface area contributed by atoms with Gasteiger partial charge in [0.1, 0.15) is 5.82 Å². The van der Waals surface area contributed by atoms with Gasteiger partial charge in [-0.1, -0.05) is 24.3 Å². The van der Waals surface area contributed by atoms with Crippen LogP contribution < -0.4 is 5.73 Å². The van der Waals surface area contributed by atoms with E-state index in [0.717, 1.165) is 6.07 Å². The molecule has 0 heterocycles. The number of hydrogen-bond donors (Lipinski definition) is 1. The zero-order chi connectivity index (χ0) is 11.5. The molecule has 0 bridgehead atoms. The highest BCUT2D eigenvalue weighted by molar-refractivity contribution is 5.52. The minimum Gasteiger partial charge on any atom is -0.327 e. The highest BCUT2D eigenvalue weighted by atomic mass is 19.4. The maximum Gasteiger partial charge on any atom is 0.419 e. The SMILES string of the molecule is NC/C=C/c1cccc(C(F)(F)F)c1F. The molecular formula is C10H9F4N. The standard InChI is InChI=1S/C10H9F4N/c11-9-7(4-2-6-15)3-1-5-8(9)10(12,13)14/h1-5H,6,15H2/b4-2+. The number of alkyl halides is 3. The molecule has 0 saturated carbocycles. The van der Waals surface area contributed by atoms with Gasteiger partial charge in [-0.3, -0.25) is 0 Å². The molecule has 0 atom stereocenters. The van der Waals surface area contributed by atoms with E-state index in [1.165, 1.54) is 18.2 Å². The second-order valence-electron chi connectivity index (χ2n) is 2.84. The summed E-state index contributed by atoms with van der Waals surface area (Å²) in [5.74, 6) is -1.27. The predicted octanol–water partition coefficient (Wildman–Crippen LogP) is 2.82. The van der Waals surface area contributed by atoms with Crippen molar-refractivity contribution in [3.05, 3.63) is 41.2 Å². The molecule has 0 saturated heterocycles. The van der Waals surface area contributed by atoms with Crippen LogP contribution in [0.4, 0.5) is 17.6 Å². The van der Waals surface area contributed by atoms with Crippen molar-refractivity contribution in [1.82, 2.24) is 0 Å². The van der Waals surface area contributed by atoms with E-state index in [-0.39, 0.29) is 12.1 Å². The van der Waals surface area contributed by atoms with Crippen molar-refractivity contribution in [3.63, 3.8) is 0 Å². The summed E-state index contributed by atoms with van der Waals surface area (Å²) in [6.07, 6.45) is -2.06. The molecule has 0 amide bonds. The van der Waals surface area contributed by atoms with Crippen LogP contribution in [0.15, 0.2) is 24.3 Å². The van der Waals surface area contributed by atoms with Gasteiger partial charge in [0.2, 0.25) is 0 Å². The zero-order valence-electron chi connectivity index (χ0n) is 7.68. The monoisotopic (exact) mass is 219 g/mol. The maximum absolute atomic E-state index is 13.3. The Morgan fingerprint density at radius 1 is 1.27 bits per heavy atom. The van der Waals surface area contributed by atoms with E-state index in [4.69, 9.17) is 5.73 Å². The van der Waals surface area contributed by atoms with Crippen molar-refractivity contribution in [2.75, 3.05) is 6.54 Å². The lowest BCUT2D eigenvalue weighted by Gasteiger charge is -2.08. The molecule has 0 aromatic heterocycles. The first kappa shape index (κ1) is 11.7. The van der Waals surface area contributed by atoms with Crippen LogP contribution in [0, 0.1) is 5.82 Å². The summed E-state index contributed by atoms with van der Waals surface area (Å²) in [4.78, 5) is 0. The summed E-state index contributed by atoms with van der Waals surface area (Å²) in [5.41, 5.74) is 3.74. The third-order valence-corrected chi connectivity index (χ3v) is 1.77. The number of benzene rings is 1.